The van der Waals surface area contributed by atoms with Crippen molar-refractivity contribution in [3.63, 3.8) is 0 Å². The number of nitrogens with one attached hydrogen (secondary N) is 1. The molecule has 0 spiro atoms. The average molecular weight is 334 g/mol. The van der Waals surface area contributed by atoms with Gasteiger partial charge in [0.05, 0.1) is 5.25 Å². The van der Waals surface area contributed by atoms with Crippen LogP contribution < -0.4 is 5.32 Å². The van der Waals surface area contributed by atoms with Crippen LogP contribution in [-0.4, -0.2) is 32.5 Å². The highest BCUT2D eigenvalue weighted by atomic mass is 32.2. The van der Waals surface area contributed by atoms with Crippen LogP contribution in [0.15, 0.2) is 16.8 Å². The van der Waals surface area contributed by atoms with E-state index in [2.05, 4.69) is 21.6 Å². The molecule has 1 amide bonds. The molecule has 0 bridgehead atoms. The second-order valence-corrected chi connectivity index (χ2v) is 7.89. The van der Waals surface area contributed by atoms with E-state index in [1.165, 1.54) is 55.9 Å². The minimum Gasteiger partial charge on any atom is -0.355 e. The highest BCUT2D eigenvalue weighted by Crippen LogP contribution is 2.39. The van der Waals surface area contributed by atoms with Crippen LogP contribution >= 0.6 is 11.8 Å². The van der Waals surface area contributed by atoms with Crippen LogP contribution in [0, 0.1) is 0 Å². The van der Waals surface area contributed by atoms with E-state index in [-0.39, 0.29) is 11.2 Å². The van der Waals surface area contributed by atoms with Gasteiger partial charge in [-0.15, -0.1) is 10.2 Å². The Morgan fingerprint density at radius 3 is 2.96 bits per heavy atom. The van der Waals surface area contributed by atoms with E-state index in [0.717, 1.165) is 23.9 Å². The lowest BCUT2D eigenvalue weighted by atomic mass is 9.97. The van der Waals surface area contributed by atoms with Gasteiger partial charge in [-0.05, 0) is 51.9 Å². The normalized spacial score (nSPS) is 19.3. The van der Waals surface area contributed by atoms with Gasteiger partial charge in [0.1, 0.15) is 5.82 Å². The van der Waals surface area contributed by atoms with E-state index in [9.17, 15) is 4.79 Å². The molecule has 1 saturated carbocycles. The number of hydrogen-bond acceptors (Lipinski definition) is 4. The standard InChI is InChI=1S/C17H26N4OS/c1-12(16(22)18-11-10-13-6-4-3-5-7-13)23-17-20-19-15(21(17)2)14-8-9-14/h6,12,14H,3-5,7-11H2,1-2H3,(H,18,22)/t12-/m1/s1. The van der Waals surface area contributed by atoms with Crippen molar-refractivity contribution < 1.29 is 4.79 Å². The summed E-state index contributed by atoms with van der Waals surface area (Å²) >= 11 is 1.49. The molecule has 0 aromatic carbocycles. The average Bonchev–Trinajstić information content (AvgIpc) is 3.34. The van der Waals surface area contributed by atoms with E-state index in [0.29, 0.717) is 5.92 Å². The van der Waals surface area contributed by atoms with E-state index in [1.807, 2.05) is 18.5 Å². The van der Waals surface area contributed by atoms with Gasteiger partial charge in [0.15, 0.2) is 5.16 Å². The molecule has 1 atom stereocenters. The molecule has 2 aliphatic carbocycles. The van der Waals surface area contributed by atoms with E-state index in [1.54, 1.807) is 0 Å². The Kier molecular flexibility index (Phi) is 5.41. The smallest absolute Gasteiger partial charge is 0.233 e. The zero-order chi connectivity index (χ0) is 16.2. The fourth-order valence-electron chi connectivity index (χ4n) is 2.96. The van der Waals surface area contributed by atoms with Gasteiger partial charge in [-0.3, -0.25) is 4.79 Å². The summed E-state index contributed by atoms with van der Waals surface area (Å²) in [4.78, 5) is 12.2. The van der Waals surface area contributed by atoms with Gasteiger partial charge in [0.2, 0.25) is 5.91 Å². The third-order valence-electron chi connectivity index (χ3n) is 4.59. The molecule has 0 saturated heterocycles. The number of nitrogens with zero attached hydrogens (tertiary/aromatic N) is 3. The van der Waals surface area contributed by atoms with E-state index in [4.69, 9.17) is 0 Å². The maximum absolute atomic E-state index is 12.2. The first-order valence-electron chi connectivity index (χ1n) is 8.66. The van der Waals surface area contributed by atoms with Crippen LogP contribution in [0.1, 0.15) is 63.6 Å². The summed E-state index contributed by atoms with van der Waals surface area (Å²) < 4.78 is 2.04. The quantitative estimate of drug-likeness (QED) is 0.614. The molecule has 1 aromatic heterocycles. The number of allylic oxidation sites excluding steroid dienone is 1. The summed E-state index contributed by atoms with van der Waals surface area (Å²) in [6, 6.07) is 0. The fraction of sp³-hybridized carbons (Fsp3) is 0.706. The number of carbonyl (C=O) groups excluding carboxylic acids is 1. The molecule has 0 aliphatic heterocycles. The molecule has 1 heterocycles. The first-order chi connectivity index (χ1) is 11.1. The van der Waals surface area contributed by atoms with Crippen LogP contribution in [0.5, 0.6) is 0 Å². The van der Waals surface area contributed by atoms with Gasteiger partial charge < -0.3 is 9.88 Å². The molecule has 5 nitrogen and oxygen atoms in total. The molecule has 0 unspecified atom stereocenters. The van der Waals surface area contributed by atoms with Crippen molar-refractivity contribution in [2.75, 3.05) is 6.54 Å². The lowest BCUT2D eigenvalue weighted by Gasteiger charge is -2.14. The topological polar surface area (TPSA) is 59.8 Å². The van der Waals surface area contributed by atoms with E-state index >= 15 is 0 Å². The highest BCUT2D eigenvalue weighted by Gasteiger charge is 2.30. The highest BCUT2D eigenvalue weighted by molar-refractivity contribution is 8.00. The van der Waals surface area contributed by atoms with Crippen LogP contribution in [0.3, 0.4) is 0 Å². The largest absolute Gasteiger partial charge is 0.355 e. The Labute approximate surface area is 142 Å². The number of thioether (sulfide) groups is 1. The molecule has 6 heteroatoms. The van der Waals surface area contributed by atoms with Crippen molar-refractivity contribution in [1.82, 2.24) is 20.1 Å². The third kappa shape index (κ3) is 4.37. The SMILES string of the molecule is C[C@@H](Sc1nnc(C2CC2)n1C)C(=O)NCCC1=CCCCC1. The molecule has 126 valence electrons. The number of hydrogen-bond donors (Lipinski definition) is 1. The molecule has 1 fully saturated rings. The fourth-order valence-corrected chi connectivity index (χ4v) is 3.81. The van der Waals surface area contributed by atoms with Crippen molar-refractivity contribution in [2.24, 2.45) is 7.05 Å². The number of aromatic nitrogens is 3. The Balaban J connectivity index is 1.44. The summed E-state index contributed by atoms with van der Waals surface area (Å²) in [6.07, 6.45) is 10.7. The molecule has 0 radical (unpaired) electrons. The lowest BCUT2D eigenvalue weighted by Crippen LogP contribution is -2.32. The van der Waals surface area contributed by atoms with E-state index < -0.39 is 0 Å². The van der Waals surface area contributed by atoms with Gasteiger partial charge in [0.25, 0.3) is 0 Å². The molecule has 3 rings (SSSR count). The van der Waals surface area contributed by atoms with Gasteiger partial charge >= 0.3 is 0 Å². The van der Waals surface area contributed by atoms with Crippen LogP contribution in [-0.2, 0) is 11.8 Å². The summed E-state index contributed by atoms with van der Waals surface area (Å²) in [5.41, 5.74) is 1.50. The van der Waals surface area contributed by atoms with Crippen LogP contribution in [0.25, 0.3) is 0 Å². The van der Waals surface area contributed by atoms with Gasteiger partial charge in [-0.1, -0.05) is 23.4 Å². The number of rotatable bonds is 7. The minimum absolute atomic E-state index is 0.0855. The maximum atomic E-state index is 12.2. The summed E-state index contributed by atoms with van der Waals surface area (Å²) in [6.45, 7) is 2.67. The van der Waals surface area contributed by atoms with Crippen molar-refractivity contribution in [2.45, 2.75) is 68.2 Å². The van der Waals surface area contributed by atoms with Crippen molar-refractivity contribution in [1.29, 1.82) is 0 Å². The Hall–Kier alpha value is -1.30. The number of carbonyl (C=O) groups is 1. The second-order valence-electron chi connectivity index (χ2n) is 6.58. The monoisotopic (exact) mass is 334 g/mol. The molecular formula is C17H26N4OS. The maximum Gasteiger partial charge on any atom is 0.233 e. The first-order valence-corrected chi connectivity index (χ1v) is 9.54. The Bertz CT molecular complexity index is 591. The molecular weight excluding hydrogens is 308 g/mol. The first kappa shape index (κ1) is 16.6. The Morgan fingerprint density at radius 1 is 1.43 bits per heavy atom. The Morgan fingerprint density at radius 2 is 2.26 bits per heavy atom. The summed E-state index contributed by atoms with van der Waals surface area (Å²) in [5.74, 6) is 1.72. The van der Waals surface area contributed by atoms with Gasteiger partial charge in [-0.2, -0.15) is 0 Å². The molecule has 2 aliphatic rings. The van der Waals surface area contributed by atoms with Crippen molar-refractivity contribution >= 4 is 17.7 Å². The summed E-state index contributed by atoms with van der Waals surface area (Å²) in [5, 5.41) is 12.2. The van der Waals surface area contributed by atoms with Crippen LogP contribution in [0.2, 0.25) is 0 Å². The van der Waals surface area contributed by atoms with Gasteiger partial charge in [0, 0.05) is 19.5 Å². The predicted molar refractivity (Wildman–Crippen MR) is 92.5 cm³/mol. The summed E-state index contributed by atoms with van der Waals surface area (Å²) in [7, 11) is 2.00. The molecule has 1 N–H and O–H groups in total. The van der Waals surface area contributed by atoms with Gasteiger partial charge in [-0.25, -0.2) is 0 Å². The number of amides is 1. The van der Waals surface area contributed by atoms with Crippen LogP contribution in [0.4, 0.5) is 0 Å². The molecule has 23 heavy (non-hydrogen) atoms. The predicted octanol–water partition coefficient (Wildman–Crippen LogP) is 3.18. The second kappa shape index (κ2) is 7.51. The minimum atomic E-state index is -0.148. The zero-order valence-electron chi connectivity index (χ0n) is 14.0. The molecule has 1 aromatic rings. The van der Waals surface area contributed by atoms with Crippen molar-refractivity contribution in [3.8, 4) is 0 Å². The third-order valence-corrected chi connectivity index (χ3v) is 5.73. The lowest BCUT2D eigenvalue weighted by molar-refractivity contribution is -0.120. The zero-order valence-corrected chi connectivity index (χ0v) is 14.9. The van der Waals surface area contributed by atoms with Crippen molar-refractivity contribution in [3.05, 3.63) is 17.5 Å².